The highest BCUT2D eigenvalue weighted by atomic mass is 35.5. The summed E-state index contributed by atoms with van der Waals surface area (Å²) in [6.07, 6.45) is 0. The second-order valence-corrected chi connectivity index (χ2v) is 7.06. The van der Waals surface area contributed by atoms with Crippen LogP contribution in [-0.2, 0) is 16.1 Å². The van der Waals surface area contributed by atoms with Crippen molar-refractivity contribution in [1.29, 1.82) is 0 Å². The fourth-order valence-electron chi connectivity index (χ4n) is 2.85. The van der Waals surface area contributed by atoms with Gasteiger partial charge in [0.05, 0.1) is 6.04 Å². The molecule has 0 aliphatic rings. The fourth-order valence-corrected chi connectivity index (χ4v) is 3.04. The summed E-state index contributed by atoms with van der Waals surface area (Å²) in [5.74, 6) is -0.651. The largest absolute Gasteiger partial charge is 0.488 e. The van der Waals surface area contributed by atoms with Gasteiger partial charge in [-0.3, -0.25) is 4.79 Å². The number of halogens is 1. The third-order valence-corrected chi connectivity index (χ3v) is 4.83. The molecule has 1 atom stereocenters. The zero-order chi connectivity index (χ0) is 21.3. The summed E-state index contributed by atoms with van der Waals surface area (Å²) in [7, 11) is 0. The van der Waals surface area contributed by atoms with Crippen LogP contribution in [0.4, 0.5) is 0 Å². The Morgan fingerprint density at radius 1 is 0.933 bits per heavy atom. The maximum atomic E-state index is 12.5. The number of amides is 1. The van der Waals surface area contributed by atoms with E-state index in [-0.39, 0.29) is 30.7 Å². The van der Waals surface area contributed by atoms with Gasteiger partial charge in [0.1, 0.15) is 17.9 Å². The van der Waals surface area contributed by atoms with Crippen LogP contribution >= 0.6 is 11.6 Å². The van der Waals surface area contributed by atoms with Gasteiger partial charge in [0, 0.05) is 10.6 Å². The monoisotopic (exact) mass is 423 g/mol. The Kier molecular flexibility index (Phi) is 7.46. The van der Waals surface area contributed by atoms with Crippen LogP contribution in [0.25, 0.3) is 0 Å². The van der Waals surface area contributed by atoms with Crippen molar-refractivity contribution in [3.8, 4) is 5.75 Å². The first-order chi connectivity index (χ1) is 14.5. The molecule has 1 N–H and O–H groups in total. The molecule has 5 nitrogen and oxygen atoms in total. The molecule has 0 spiro atoms. The zero-order valence-electron chi connectivity index (χ0n) is 16.5. The number of para-hydroxylation sites is 1. The quantitative estimate of drug-likeness (QED) is 0.520. The van der Waals surface area contributed by atoms with Gasteiger partial charge in [-0.25, -0.2) is 4.79 Å². The molecule has 0 unspecified atom stereocenters. The normalized spacial score (nSPS) is 11.4. The predicted octanol–water partition coefficient (Wildman–Crippen LogP) is 4.95. The average Bonchev–Trinajstić information content (AvgIpc) is 2.77. The van der Waals surface area contributed by atoms with Crippen molar-refractivity contribution >= 4 is 23.5 Å². The van der Waals surface area contributed by atoms with E-state index in [0.717, 1.165) is 11.1 Å². The molecule has 154 valence electrons. The number of esters is 1. The summed E-state index contributed by atoms with van der Waals surface area (Å²) in [5, 5.41) is 3.39. The van der Waals surface area contributed by atoms with E-state index in [1.807, 2.05) is 55.5 Å². The number of rotatable bonds is 8. The summed E-state index contributed by atoms with van der Waals surface area (Å²) in [5.41, 5.74) is 2.01. The molecule has 0 heterocycles. The van der Waals surface area contributed by atoms with E-state index >= 15 is 0 Å². The second kappa shape index (κ2) is 10.5. The highest BCUT2D eigenvalue weighted by Crippen LogP contribution is 2.22. The van der Waals surface area contributed by atoms with Gasteiger partial charge in [0.25, 0.3) is 5.91 Å². The van der Waals surface area contributed by atoms with E-state index < -0.39 is 5.97 Å². The Balaban J connectivity index is 1.56. The molecule has 0 radical (unpaired) electrons. The van der Waals surface area contributed by atoms with Gasteiger partial charge in [-0.05, 0) is 30.7 Å². The zero-order valence-corrected chi connectivity index (χ0v) is 17.3. The van der Waals surface area contributed by atoms with Crippen LogP contribution in [0.1, 0.15) is 34.5 Å². The van der Waals surface area contributed by atoms with E-state index in [1.165, 1.54) is 0 Å². The molecule has 0 aliphatic carbocycles. The van der Waals surface area contributed by atoms with Gasteiger partial charge in [-0.1, -0.05) is 72.3 Å². The van der Waals surface area contributed by atoms with E-state index in [2.05, 4.69) is 5.32 Å². The first kappa shape index (κ1) is 21.4. The Morgan fingerprint density at radius 2 is 1.60 bits per heavy atom. The van der Waals surface area contributed by atoms with Crippen LogP contribution in [0.5, 0.6) is 5.75 Å². The van der Waals surface area contributed by atoms with Gasteiger partial charge in [-0.2, -0.15) is 0 Å². The number of carbonyl (C=O) groups is 2. The molecule has 0 aliphatic heterocycles. The fraction of sp³-hybridized carbons (Fsp3) is 0.167. The number of nitrogens with one attached hydrogen (secondary N) is 1. The van der Waals surface area contributed by atoms with Crippen molar-refractivity contribution < 1.29 is 19.1 Å². The SMILES string of the molecule is C[C@@H](NC(=O)COC(=O)c1ccccc1OCc1ccccc1Cl)c1ccccc1. The molecular weight excluding hydrogens is 402 g/mol. The van der Waals surface area contributed by atoms with Gasteiger partial charge in [0.15, 0.2) is 6.61 Å². The Bertz CT molecular complexity index is 1010. The van der Waals surface area contributed by atoms with Crippen LogP contribution in [0, 0.1) is 0 Å². The molecule has 0 fully saturated rings. The van der Waals surface area contributed by atoms with Crippen LogP contribution in [-0.4, -0.2) is 18.5 Å². The van der Waals surface area contributed by atoms with Gasteiger partial charge >= 0.3 is 5.97 Å². The minimum atomic E-state index is -0.632. The molecule has 1 amide bonds. The van der Waals surface area contributed by atoms with E-state index in [4.69, 9.17) is 21.1 Å². The minimum Gasteiger partial charge on any atom is -0.488 e. The summed E-state index contributed by atoms with van der Waals surface area (Å²) in [6.45, 7) is 1.70. The summed E-state index contributed by atoms with van der Waals surface area (Å²) < 4.78 is 11.0. The lowest BCUT2D eigenvalue weighted by Crippen LogP contribution is -2.31. The molecule has 3 rings (SSSR count). The summed E-state index contributed by atoms with van der Waals surface area (Å²) in [4.78, 5) is 24.7. The molecule has 0 saturated heterocycles. The van der Waals surface area contributed by atoms with Crippen LogP contribution in [0.3, 0.4) is 0 Å². The lowest BCUT2D eigenvalue weighted by Gasteiger charge is -2.15. The molecule has 0 saturated carbocycles. The highest BCUT2D eigenvalue weighted by Gasteiger charge is 2.17. The van der Waals surface area contributed by atoms with Crippen molar-refractivity contribution in [2.75, 3.05) is 6.61 Å². The number of benzene rings is 3. The maximum absolute atomic E-state index is 12.5. The minimum absolute atomic E-state index is 0.191. The van der Waals surface area contributed by atoms with Crippen molar-refractivity contribution in [2.24, 2.45) is 0 Å². The molecule has 0 aromatic heterocycles. The molecule has 3 aromatic carbocycles. The molecule has 30 heavy (non-hydrogen) atoms. The number of hydrogen-bond acceptors (Lipinski definition) is 4. The maximum Gasteiger partial charge on any atom is 0.342 e. The van der Waals surface area contributed by atoms with Crippen LogP contribution < -0.4 is 10.1 Å². The topological polar surface area (TPSA) is 64.6 Å². The molecular formula is C24H22ClNO4. The third kappa shape index (κ3) is 5.84. The van der Waals surface area contributed by atoms with E-state index in [9.17, 15) is 9.59 Å². The Labute approximate surface area is 180 Å². The van der Waals surface area contributed by atoms with E-state index in [1.54, 1.807) is 30.3 Å². The number of hydrogen-bond donors (Lipinski definition) is 1. The second-order valence-electron chi connectivity index (χ2n) is 6.65. The van der Waals surface area contributed by atoms with Crippen molar-refractivity contribution in [1.82, 2.24) is 5.32 Å². The number of carbonyl (C=O) groups excluding carboxylic acids is 2. The van der Waals surface area contributed by atoms with E-state index in [0.29, 0.717) is 10.8 Å². The lowest BCUT2D eigenvalue weighted by molar-refractivity contribution is -0.124. The standard InChI is InChI=1S/C24H22ClNO4/c1-17(18-9-3-2-4-10-18)26-23(27)16-30-24(28)20-12-6-8-14-22(20)29-15-19-11-5-7-13-21(19)25/h2-14,17H,15-16H2,1H3,(H,26,27)/t17-/m1/s1. The average molecular weight is 424 g/mol. The first-order valence-corrected chi connectivity index (χ1v) is 9.89. The first-order valence-electron chi connectivity index (χ1n) is 9.51. The number of ether oxygens (including phenoxy) is 2. The van der Waals surface area contributed by atoms with Gasteiger partial charge < -0.3 is 14.8 Å². The Morgan fingerprint density at radius 3 is 2.37 bits per heavy atom. The van der Waals surface area contributed by atoms with Crippen LogP contribution in [0.15, 0.2) is 78.9 Å². The van der Waals surface area contributed by atoms with Gasteiger partial charge in [0.2, 0.25) is 0 Å². The van der Waals surface area contributed by atoms with Crippen LogP contribution in [0.2, 0.25) is 5.02 Å². The molecule has 3 aromatic rings. The summed E-state index contributed by atoms with van der Waals surface area (Å²) in [6, 6.07) is 23.4. The molecule has 0 bridgehead atoms. The van der Waals surface area contributed by atoms with Crippen molar-refractivity contribution in [3.63, 3.8) is 0 Å². The Hall–Kier alpha value is -3.31. The van der Waals surface area contributed by atoms with Crippen molar-refractivity contribution in [2.45, 2.75) is 19.6 Å². The predicted molar refractivity (Wildman–Crippen MR) is 116 cm³/mol. The van der Waals surface area contributed by atoms with Crippen molar-refractivity contribution in [3.05, 3.63) is 101 Å². The smallest absolute Gasteiger partial charge is 0.342 e. The summed E-state index contributed by atoms with van der Waals surface area (Å²) >= 11 is 6.15. The third-order valence-electron chi connectivity index (χ3n) is 4.46. The molecule has 6 heteroatoms. The van der Waals surface area contributed by atoms with Gasteiger partial charge in [-0.15, -0.1) is 0 Å². The lowest BCUT2D eigenvalue weighted by atomic mass is 10.1. The highest BCUT2D eigenvalue weighted by molar-refractivity contribution is 6.31.